The molecule has 1 aromatic rings. The van der Waals surface area contributed by atoms with Gasteiger partial charge in [-0.1, -0.05) is 30.3 Å². The first-order valence-electron chi connectivity index (χ1n) is 8.01. The van der Waals surface area contributed by atoms with Gasteiger partial charge in [0, 0.05) is 19.0 Å². The lowest BCUT2D eigenvalue weighted by Gasteiger charge is -2.24. The largest absolute Gasteiger partial charge is 0.466 e. The van der Waals surface area contributed by atoms with Crippen LogP contribution in [0.15, 0.2) is 30.3 Å². The molecule has 2 atom stereocenters. The zero-order valence-corrected chi connectivity index (χ0v) is 14.2. The summed E-state index contributed by atoms with van der Waals surface area (Å²) in [5.41, 5.74) is 0.484. The van der Waals surface area contributed by atoms with Gasteiger partial charge in [0.15, 0.2) is 0 Å². The summed E-state index contributed by atoms with van der Waals surface area (Å²) in [5, 5.41) is 0. The molecule has 2 unspecified atom stereocenters. The van der Waals surface area contributed by atoms with Gasteiger partial charge in [-0.3, -0.25) is 4.79 Å². The number of carbonyl (C=O) groups excluding carboxylic acids is 2. The van der Waals surface area contributed by atoms with Crippen LogP contribution in [0.4, 0.5) is 4.79 Å². The number of carbonyl (C=O) groups is 2. The molecule has 1 heterocycles. The summed E-state index contributed by atoms with van der Waals surface area (Å²) in [6.45, 7) is 8.41. The Morgan fingerprint density at radius 1 is 1.17 bits per heavy atom. The molecule has 5 nitrogen and oxygen atoms in total. The number of rotatable bonds is 3. The van der Waals surface area contributed by atoms with E-state index in [2.05, 4.69) is 0 Å². The highest BCUT2D eigenvalue weighted by Gasteiger charge is 2.42. The van der Waals surface area contributed by atoms with Crippen molar-refractivity contribution in [1.82, 2.24) is 4.90 Å². The lowest BCUT2D eigenvalue weighted by atomic mass is 9.89. The lowest BCUT2D eigenvalue weighted by Crippen LogP contribution is -2.36. The Kier molecular flexibility index (Phi) is 5.29. The van der Waals surface area contributed by atoms with Crippen molar-refractivity contribution < 1.29 is 19.1 Å². The van der Waals surface area contributed by atoms with Crippen LogP contribution in [0.2, 0.25) is 0 Å². The maximum atomic E-state index is 12.3. The van der Waals surface area contributed by atoms with Gasteiger partial charge >= 0.3 is 12.1 Å². The number of hydrogen-bond donors (Lipinski definition) is 0. The third-order valence-electron chi connectivity index (χ3n) is 3.79. The molecule has 0 aliphatic carbocycles. The molecule has 2 rings (SSSR count). The molecular formula is C18H25NO4. The van der Waals surface area contributed by atoms with Crippen LogP contribution in [0.1, 0.15) is 39.2 Å². The monoisotopic (exact) mass is 319 g/mol. The van der Waals surface area contributed by atoms with Crippen molar-refractivity contribution in [2.75, 3.05) is 19.7 Å². The SMILES string of the molecule is CCOC(=O)C1CN(C(=O)OC(C)(C)C)CC1c1ccccc1. The second-order valence-electron chi connectivity index (χ2n) is 6.76. The number of likely N-dealkylation sites (tertiary alicyclic amines) is 1. The third-order valence-corrected chi connectivity index (χ3v) is 3.79. The second-order valence-corrected chi connectivity index (χ2v) is 6.76. The van der Waals surface area contributed by atoms with E-state index in [-0.39, 0.29) is 23.9 Å². The van der Waals surface area contributed by atoms with Crippen molar-refractivity contribution in [3.8, 4) is 0 Å². The molecule has 5 heteroatoms. The normalized spacial score (nSPS) is 21.1. The van der Waals surface area contributed by atoms with Crippen molar-refractivity contribution in [3.05, 3.63) is 35.9 Å². The van der Waals surface area contributed by atoms with E-state index in [9.17, 15) is 9.59 Å². The molecule has 23 heavy (non-hydrogen) atoms. The Balaban J connectivity index is 2.18. The Hall–Kier alpha value is -2.04. The molecule has 0 spiro atoms. The summed E-state index contributed by atoms with van der Waals surface area (Å²) in [6.07, 6.45) is -0.384. The van der Waals surface area contributed by atoms with Crippen molar-refractivity contribution in [2.45, 2.75) is 39.2 Å². The van der Waals surface area contributed by atoms with E-state index < -0.39 is 5.60 Å². The summed E-state index contributed by atoms with van der Waals surface area (Å²) < 4.78 is 10.6. The van der Waals surface area contributed by atoms with Crippen LogP contribution < -0.4 is 0 Å². The number of benzene rings is 1. The summed E-state index contributed by atoms with van der Waals surface area (Å²) in [5.74, 6) is -0.681. The van der Waals surface area contributed by atoms with Gasteiger partial charge < -0.3 is 14.4 Å². The third kappa shape index (κ3) is 4.47. The molecule has 1 saturated heterocycles. The molecule has 0 aromatic heterocycles. The number of esters is 1. The molecule has 0 N–H and O–H groups in total. The average molecular weight is 319 g/mol. The second kappa shape index (κ2) is 7.02. The fourth-order valence-corrected chi connectivity index (χ4v) is 2.81. The summed E-state index contributed by atoms with van der Waals surface area (Å²) in [4.78, 5) is 26.2. The molecular weight excluding hydrogens is 294 g/mol. The van der Waals surface area contributed by atoms with Gasteiger partial charge in [0.05, 0.1) is 12.5 Å². The maximum Gasteiger partial charge on any atom is 0.410 e. The van der Waals surface area contributed by atoms with Gasteiger partial charge in [0.1, 0.15) is 5.60 Å². The Morgan fingerprint density at radius 3 is 2.39 bits per heavy atom. The fraction of sp³-hybridized carbons (Fsp3) is 0.556. The minimum Gasteiger partial charge on any atom is -0.466 e. The van der Waals surface area contributed by atoms with Crippen molar-refractivity contribution in [1.29, 1.82) is 0 Å². The fourth-order valence-electron chi connectivity index (χ4n) is 2.81. The minimum atomic E-state index is -0.554. The van der Waals surface area contributed by atoms with E-state index in [4.69, 9.17) is 9.47 Å². The van der Waals surface area contributed by atoms with E-state index in [1.165, 1.54) is 0 Å². The first-order valence-corrected chi connectivity index (χ1v) is 8.01. The highest BCUT2D eigenvalue weighted by atomic mass is 16.6. The van der Waals surface area contributed by atoms with Crippen LogP contribution in [0.3, 0.4) is 0 Å². The Labute approximate surface area is 137 Å². The summed E-state index contributed by atoms with van der Waals surface area (Å²) in [7, 11) is 0. The van der Waals surface area contributed by atoms with Gasteiger partial charge in [0.2, 0.25) is 0 Å². The lowest BCUT2D eigenvalue weighted by molar-refractivity contribution is -0.147. The molecule has 1 aliphatic rings. The van der Waals surface area contributed by atoms with Crippen LogP contribution >= 0.6 is 0 Å². The van der Waals surface area contributed by atoms with Gasteiger partial charge in [-0.2, -0.15) is 0 Å². The van der Waals surface area contributed by atoms with Crippen molar-refractivity contribution in [2.24, 2.45) is 5.92 Å². The molecule has 0 saturated carbocycles. The first-order chi connectivity index (χ1) is 10.8. The number of ether oxygens (including phenoxy) is 2. The molecule has 0 bridgehead atoms. The zero-order chi connectivity index (χ0) is 17.0. The van der Waals surface area contributed by atoms with E-state index in [1.807, 2.05) is 51.1 Å². The summed E-state index contributed by atoms with van der Waals surface area (Å²) in [6, 6.07) is 9.77. The summed E-state index contributed by atoms with van der Waals surface area (Å²) >= 11 is 0. The van der Waals surface area contributed by atoms with E-state index in [0.29, 0.717) is 19.7 Å². The van der Waals surface area contributed by atoms with Gasteiger partial charge in [0.25, 0.3) is 0 Å². The smallest absolute Gasteiger partial charge is 0.410 e. The number of hydrogen-bond acceptors (Lipinski definition) is 4. The van der Waals surface area contributed by atoms with Crippen LogP contribution in [0.25, 0.3) is 0 Å². The predicted molar refractivity (Wildman–Crippen MR) is 87.1 cm³/mol. The van der Waals surface area contributed by atoms with E-state index in [1.54, 1.807) is 11.8 Å². The van der Waals surface area contributed by atoms with E-state index in [0.717, 1.165) is 5.56 Å². The van der Waals surface area contributed by atoms with Crippen molar-refractivity contribution in [3.63, 3.8) is 0 Å². The van der Waals surface area contributed by atoms with Crippen LogP contribution in [0, 0.1) is 5.92 Å². The standard InChI is InChI=1S/C18H25NO4/c1-5-22-16(20)15-12-19(17(21)23-18(2,3)4)11-14(15)13-9-7-6-8-10-13/h6-10,14-15H,5,11-12H2,1-4H3. The highest BCUT2D eigenvalue weighted by Crippen LogP contribution is 2.34. The Bertz CT molecular complexity index is 550. The number of amides is 1. The molecule has 0 radical (unpaired) electrons. The molecule has 1 aromatic carbocycles. The average Bonchev–Trinajstić information content (AvgIpc) is 2.92. The predicted octanol–water partition coefficient (Wildman–Crippen LogP) is 3.20. The highest BCUT2D eigenvalue weighted by molar-refractivity contribution is 5.77. The Morgan fingerprint density at radius 2 is 1.83 bits per heavy atom. The van der Waals surface area contributed by atoms with Gasteiger partial charge in [-0.25, -0.2) is 4.79 Å². The first kappa shape index (κ1) is 17.3. The van der Waals surface area contributed by atoms with Gasteiger partial charge in [-0.15, -0.1) is 0 Å². The molecule has 126 valence electrons. The topological polar surface area (TPSA) is 55.8 Å². The van der Waals surface area contributed by atoms with Crippen LogP contribution in [-0.4, -0.2) is 42.3 Å². The molecule has 1 amide bonds. The molecule has 1 aliphatic heterocycles. The van der Waals surface area contributed by atoms with Crippen LogP contribution in [0.5, 0.6) is 0 Å². The minimum absolute atomic E-state index is 0.0669. The quantitative estimate of drug-likeness (QED) is 0.803. The number of nitrogens with zero attached hydrogens (tertiary/aromatic N) is 1. The molecule has 1 fully saturated rings. The van der Waals surface area contributed by atoms with Crippen LogP contribution in [-0.2, 0) is 14.3 Å². The maximum absolute atomic E-state index is 12.3. The van der Waals surface area contributed by atoms with E-state index >= 15 is 0 Å². The van der Waals surface area contributed by atoms with Gasteiger partial charge in [-0.05, 0) is 33.3 Å². The zero-order valence-electron chi connectivity index (χ0n) is 14.2. The van der Waals surface area contributed by atoms with Crippen molar-refractivity contribution >= 4 is 12.1 Å².